The second-order valence-electron chi connectivity index (χ2n) is 4.21. The van der Waals surface area contributed by atoms with Crippen LogP contribution in [0.2, 0.25) is 0 Å². The molecule has 3 N–H and O–H groups in total. The van der Waals surface area contributed by atoms with Crippen molar-refractivity contribution in [2.75, 3.05) is 0 Å². The van der Waals surface area contributed by atoms with Gasteiger partial charge in [-0.1, -0.05) is 0 Å². The van der Waals surface area contributed by atoms with E-state index in [1.165, 1.54) is 19.1 Å². The Labute approximate surface area is 119 Å². The van der Waals surface area contributed by atoms with Gasteiger partial charge in [0.15, 0.2) is 6.10 Å². The van der Waals surface area contributed by atoms with Crippen LogP contribution in [0.4, 0.5) is 4.39 Å². The molecule has 1 aromatic rings. The molecule has 2 atom stereocenters. The van der Waals surface area contributed by atoms with E-state index in [9.17, 15) is 18.8 Å². The van der Waals surface area contributed by atoms with Gasteiger partial charge in [0, 0.05) is 0 Å². The summed E-state index contributed by atoms with van der Waals surface area (Å²) in [5.74, 6) is -3.83. The third kappa shape index (κ3) is 5.47. The van der Waals surface area contributed by atoms with Gasteiger partial charge in [-0.25, -0.2) is 9.18 Å². The van der Waals surface area contributed by atoms with E-state index in [4.69, 9.17) is 14.9 Å². The van der Waals surface area contributed by atoms with Crippen molar-refractivity contribution in [3.63, 3.8) is 0 Å². The Morgan fingerprint density at radius 2 is 1.81 bits per heavy atom. The molecule has 0 heterocycles. The van der Waals surface area contributed by atoms with Crippen molar-refractivity contribution in [3.05, 3.63) is 30.1 Å². The van der Waals surface area contributed by atoms with E-state index in [1.54, 1.807) is 0 Å². The van der Waals surface area contributed by atoms with Crippen LogP contribution in [-0.4, -0.2) is 40.2 Å². The lowest BCUT2D eigenvalue weighted by Gasteiger charge is -2.17. The fourth-order valence-corrected chi connectivity index (χ4v) is 1.43. The average molecular weight is 299 g/mol. The number of halogens is 1. The minimum absolute atomic E-state index is 0.226. The van der Waals surface area contributed by atoms with Crippen LogP contribution in [0.3, 0.4) is 0 Å². The largest absolute Gasteiger partial charge is 0.481 e. The van der Waals surface area contributed by atoms with Crippen LogP contribution in [-0.2, 0) is 14.4 Å². The number of rotatable bonds is 7. The second kappa shape index (κ2) is 7.22. The number of hydrogen-bond acceptors (Lipinski definition) is 4. The normalized spacial score (nSPS) is 13.0. The molecule has 1 rings (SSSR count). The lowest BCUT2D eigenvalue weighted by Crippen LogP contribution is -2.47. The molecule has 1 aromatic carbocycles. The number of ether oxygens (including phenoxy) is 1. The van der Waals surface area contributed by atoms with Crippen molar-refractivity contribution < 1.29 is 33.7 Å². The zero-order valence-electron chi connectivity index (χ0n) is 11.1. The van der Waals surface area contributed by atoms with Gasteiger partial charge in [0.1, 0.15) is 17.6 Å². The van der Waals surface area contributed by atoms with Gasteiger partial charge in [0.05, 0.1) is 6.42 Å². The Morgan fingerprint density at radius 3 is 2.29 bits per heavy atom. The molecule has 1 unspecified atom stereocenters. The van der Waals surface area contributed by atoms with Crippen LogP contribution in [0.5, 0.6) is 5.75 Å². The Bertz CT molecular complexity index is 530. The van der Waals surface area contributed by atoms with Crippen molar-refractivity contribution in [2.45, 2.75) is 25.5 Å². The lowest BCUT2D eigenvalue weighted by atomic mass is 10.2. The minimum Gasteiger partial charge on any atom is -0.481 e. The van der Waals surface area contributed by atoms with Gasteiger partial charge in [0.2, 0.25) is 0 Å². The number of carboxylic acids is 2. The van der Waals surface area contributed by atoms with Crippen LogP contribution in [0.1, 0.15) is 13.3 Å². The van der Waals surface area contributed by atoms with Crippen LogP contribution in [0.15, 0.2) is 24.3 Å². The summed E-state index contributed by atoms with van der Waals surface area (Å²) in [6.07, 6.45) is -1.81. The smallest absolute Gasteiger partial charge is 0.326 e. The highest BCUT2D eigenvalue weighted by Gasteiger charge is 2.26. The van der Waals surface area contributed by atoms with Crippen LogP contribution < -0.4 is 10.1 Å². The van der Waals surface area contributed by atoms with E-state index in [2.05, 4.69) is 5.32 Å². The number of carbonyl (C=O) groups is 3. The number of carboxylic acid groups (broad SMARTS) is 2. The van der Waals surface area contributed by atoms with E-state index < -0.39 is 42.2 Å². The maximum atomic E-state index is 12.7. The maximum Gasteiger partial charge on any atom is 0.326 e. The van der Waals surface area contributed by atoms with Gasteiger partial charge in [-0.15, -0.1) is 0 Å². The molecule has 0 aliphatic carbocycles. The van der Waals surface area contributed by atoms with Crippen LogP contribution >= 0.6 is 0 Å². The summed E-state index contributed by atoms with van der Waals surface area (Å²) in [5.41, 5.74) is 0. The van der Waals surface area contributed by atoms with E-state index in [1.807, 2.05) is 0 Å². The molecule has 0 aromatic heterocycles. The highest BCUT2D eigenvalue weighted by molar-refractivity contribution is 5.88. The number of carbonyl (C=O) groups excluding carboxylic acids is 1. The van der Waals surface area contributed by atoms with E-state index in [-0.39, 0.29) is 5.75 Å². The number of hydrogen-bond donors (Lipinski definition) is 3. The quantitative estimate of drug-likeness (QED) is 0.681. The molecular weight excluding hydrogens is 285 g/mol. The molecule has 0 saturated heterocycles. The molecule has 0 fully saturated rings. The van der Waals surface area contributed by atoms with Crippen LogP contribution in [0.25, 0.3) is 0 Å². The molecule has 21 heavy (non-hydrogen) atoms. The summed E-state index contributed by atoms with van der Waals surface area (Å²) in [7, 11) is 0. The van der Waals surface area contributed by atoms with Gasteiger partial charge in [-0.05, 0) is 31.2 Å². The van der Waals surface area contributed by atoms with Gasteiger partial charge in [0.25, 0.3) is 5.91 Å². The molecule has 1 amide bonds. The number of amides is 1. The van der Waals surface area contributed by atoms with Gasteiger partial charge in [-0.3, -0.25) is 9.59 Å². The molecule has 0 saturated carbocycles. The zero-order chi connectivity index (χ0) is 16.0. The Morgan fingerprint density at radius 1 is 1.24 bits per heavy atom. The van der Waals surface area contributed by atoms with Crippen LogP contribution in [0, 0.1) is 5.82 Å². The first kappa shape index (κ1) is 16.4. The molecule has 0 bridgehead atoms. The number of benzene rings is 1. The summed E-state index contributed by atoms with van der Waals surface area (Å²) in [5, 5.41) is 19.4. The molecule has 0 spiro atoms. The molecular formula is C13H14FNO6. The van der Waals surface area contributed by atoms with Crippen molar-refractivity contribution >= 4 is 17.8 Å². The van der Waals surface area contributed by atoms with Gasteiger partial charge in [-0.2, -0.15) is 0 Å². The van der Waals surface area contributed by atoms with Crippen molar-refractivity contribution in [2.24, 2.45) is 0 Å². The summed E-state index contributed by atoms with van der Waals surface area (Å²) in [4.78, 5) is 33.1. The fourth-order valence-electron chi connectivity index (χ4n) is 1.43. The van der Waals surface area contributed by atoms with Gasteiger partial charge < -0.3 is 20.3 Å². The second-order valence-corrected chi connectivity index (χ2v) is 4.21. The monoisotopic (exact) mass is 299 g/mol. The molecule has 7 nitrogen and oxygen atoms in total. The predicted octanol–water partition coefficient (Wildman–Crippen LogP) is 0.637. The highest BCUT2D eigenvalue weighted by Crippen LogP contribution is 2.13. The standard InChI is InChI=1S/C13H14FNO6/c1-7(21-9-4-2-8(14)3-5-9)12(18)15-10(13(19)20)6-11(16)17/h2-5,7,10H,6H2,1H3,(H,15,18)(H,16,17)(H,19,20)/t7?,10-/m0/s1. The molecule has 114 valence electrons. The molecule has 0 aliphatic heterocycles. The third-order valence-corrected chi connectivity index (χ3v) is 2.49. The van der Waals surface area contributed by atoms with Gasteiger partial charge >= 0.3 is 11.9 Å². The number of aliphatic carboxylic acids is 2. The number of nitrogens with one attached hydrogen (secondary N) is 1. The highest BCUT2D eigenvalue weighted by atomic mass is 19.1. The SMILES string of the molecule is CC(Oc1ccc(F)cc1)C(=O)N[C@@H](CC(=O)O)C(=O)O. The first-order chi connectivity index (χ1) is 9.79. The molecule has 0 aliphatic rings. The van der Waals surface area contributed by atoms with Crippen molar-refractivity contribution in [3.8, 4) is 5.75 Å². The van der Waals surface area contributed by atoms with E-state index >= 15 is 0 Å². The van der Waals surface area contributed by atoms with E-state index in [0.717, 1.165) is 12.1 Å². The van der Waals surface area contributed by atoms with Crippen molar-refractivity contribution in [1.82, 2.24) is 5.32 Å². The Hall–Kier alpha value is -2.64. The van der Waals surface area contributed by atoms with Crippen molar-refractivity contribution in [1.29, 1.82) is 0 Å². The molecule has 8 heteroatoms. The summed E-state index contributed by atoms with van der Waals surface area (Å²) in [6.45, 7) is 1.36. The summed E-state index contributed by atoms with van der Waals surface area (Å²) < 4.78 is 17.9. The minimum atomic E-state index is -1.55. The third-order valence-electron chi connectivity index (χ3n) is 2.49. The zero-order valence-corrected chi connectivity index (χ0v) is 11.1. The average Bonchev–Trinajstić information content (AvgIpc) is 2.39. The Kier molecular flexibility index (Phi) is 5.65. The fraction of sp³-hybridized carbons (Fsp3) is 0.308. The first-order valence-corrected chi connectivity index (χ1v) is 5.96. The summed E-state index contributed by atoms with van der Waals surface area (Å²) >= 11 is 0. The first-order valence-electron chi connectivity index (χ1n) is 5.96. The maximum absolute atomic E-state index is 12.7. The predicted molar refractivity (Wildman–Crippen MR) is 68.3 cm³/mol. The topological polar surface area (TPSA) is 113 Å². The Balaban J connectivity index is 2.62. The molecule has 0 radical (unpaired) electrons. The summed E-state index contributed by atoms with van der Waals surface area (Å²) in [6, 6.07) is 3.36. The van der Waals surface area contributed by atoms with E-state index in [0.29, 0.717) is 0 Å². The lowest BCUT2D eigenvalue weighted by molar-refractivity contribution is -0.147.